The Hall–Kier alpha value is -1.56. The molecule has 0 saturated heterocycles. The number of anilines is 1. The van der Waals surface area contributed by atoms with E-state index in [0.717, 1.165) is 18.5 Å². The Morgan fingerprint density at radius 3 is 3.06 bits per heavy atom. The minimum absolute atomic E-state index is 0.0303. The molecule has 5 nitrogen and oxygen atoms in total. The standard InChI is InChI=1S/C12H15BrN4O/c13-9-4-3-8(6-9)11(18)15-5-1-2-10-7-16-12(14)17-10/h3-4,6-7,9H,1-2,5H2,(H,15,18)(H3,14,16,17). The Morgan fingerprint density at radius 2 is 2.44 bits per heavy atom. The van der Waals surface area contributed by atoms with E-state index in [1.54, 1.807) is 6.20 Å². The van der Waals surface area contributed by atoms with E-state index in [9.17, 15) is 4.79 Å². The van der Waals surface area contributed by atoms with Crippen LogP contribution in [0.2, 0.25) is 0 Å². The second-order valence-corrected chi connectivity index (χ2v) is 5.14. The number of aryl methyl sites for hydroxylation is 1. The maximum Gasteiger partial charge on any atom is 0.250 e. The Labute approximate surface area is 114 Å². The number of H-pyrrole nitrogens is 1. The molecule has 0 radical (unpaired) electrons. The summed E-state index contributed by atoms with van der Waals surface area (Å²) >= 11 is 3.40. The van der Waals surface area contributed by atoms with Crippen molar-refractivity contribution in [2.45, 2.75) is 17.7 Å². The van der Waals surface area contributed by atoms with Gasteiger partial charge in [-0.05, 0) is 12.8 Å². The number of rotatable bonds is 5. The fraction of sp³-hybridized carbons (Fsp3) is 0.333. The zero-order chi connectivity index (χ0) is 13.0. The zero-order valence-corrected chi connectivity index (χ0v) is 11.4. The SMILES string of the molecule is Nc1ncc(CCCNC(=O)C2=CC(Br)C=C2)[nH]1. The summed E-state index contributed by atoms with van der Waals surface area (Å²) in [7, 11) is 0. The van der Waals surface area contributed by atoms with E-state index >= 15 is 0 Å². The van der Waals surface area contributed by atoms with Gasteiger partial charge >= 0.3 is 0 Å². The van der Waals surface area contributed by atoms with Crippen LogP contribution < -0.4 is 11.1 Å². The van der Waals surface area contributed by atoms with Crippen LogP contribution in [0.3, 0.4) is 0 Å². The smallest absolute Gasteiger partial charge is 0.250 e. The molecule has 4 N–H and O–H groups in total. The van der Waals surface area contributed by atoms with Gasteiger partial charge in [-0.25, -0.2) is 4.98 Å². The van der Waals surface area contributed by atoms with Gasteiger partial charge in [0.05, 0.1) is 11.0 Å². The molecule has 1 amide bonds. The summed E-state index contributed by atoms with van der Waals surface area (Å²) in [6.07, 6.45) is 9.02. The Balaban J connectivity index is 1.68. The van der Waals surface area contributed by atoms with Crippen molar-refractivity contribution in [3.8, 4) is 0 Å². The molecule has 0 bridgehead atoms. The van der Waals surface area contributed by atoms with Crippen LogP contribution in [0.1, 0.15) is 12.1 Å². The number of halogens is 1. The molecule has 1 heterocycles. The van der Waals surface area contributed by atoms with Gasteiger partial charge in [-0.3, -0.25) is 4.79 Å². The predicted molar refractivity (Wildman–Crippen MR) is 74.3 cm³/mol. The van der Waals surface area contributed by atoms with E-state index in [2.05, 4.69) is 31.2 Å². The van der Waals surface area contributed by atoms with Crippen LogP contribution in [0.4, 0.5) is 5.95 Å². The highest BCUT2D eigenvalue weighted by molar-refractivity contribution is 9.09. The Morgan fingerprint density at radius 1 is 1.61 bits per heavy atom. The summed E-state index contributed by atoms with van der Waals surface area (Å²) in [5, 5.41) is 2.88. The fourth-order valence-electron chi connectivity index (χ4n) is 1.72. The van der Waals surface area contributed by atoms with Crippen molar-refractivity contribution >= 4 is 27.8 Å². The number of nitrogen functional groups attached to an aromatic ring is 1. The molecule has 0 saturated carbocycles. The number of aromatic nitrogens is 2. The van der Waals surface area contributed by atoms with Gasteiger partial charge in [0, 0.05) is 17.8 Å². The number of nitrogens with two attached hydrogens (primary N) is 1. The molecule has 0 aliphatic heterocycles. The quantitative estimate of drug-likeness (QED) is 0.566. The van der Waals surface area contributed by atoms with E-state index < -0.39 is 0 Å². The van der Waals surface area contributed by atoms with E-state index in [4.69, 9.17) is 5.73 Å². The van der Waals surface area contributed by atoms with Gasteiger partial charge in [0.2, 0.25) is 0 Å². The average Bonchev–Trinajstić information content (AvgIpc) is 2.93. The molecule has 1 aliphatic rings. The van der Waals surface area contributed by atoms with Crippen LogP contribution in [0.5, 0.6) is 0 Å². The third-order valence-corrected chi connectivity index (χ3v) is 3.19. The third kappa shape index (κ3) is 3.46. The van der Waals surface area contributed by atoms with Crippen molar-refractivity contribution in [2.75, 3.05) is 12.3 Å². The maximum atomic E-state index is 11.7. The highest BCUT2D eigenvalue weighted by Crippen LogP contribution is 2.16. The number of allylic oxidation sites excluding steroid dienone is 2. The summed E-state index contributed by atoms with van der Waals surface area (Å²) in [6, 6.07) is 0. The molecule has 1 aromatic heterocycles. The van der Waals surface area contributed by atoms with Crippen LogP contribution in [0, 0.1) is 0 Å². The lowest BCUT2D eigenvalue weighted by atomic mass is 10.2. The molecule has 1 atom stereocenters. The molecular weight excluding hydrogens is 296 g/mol. The lowest BCUT2D eigenvalue weighted by molar-refractivity contribution is -0.117. The molecule has 2 rings (SSSR count). The second kappa shape index (κ2) is 5.86. The van der Waals surface area contributed by atoms with Crippen LogP contribution in [0.25, 0.3) is 0 Å². The molecule has 1 aliphatic carbocycles. The van der Waals surface area contributed by atoms with E-state index in [1.165, 1.54) is 0 Å². The molecule has 18 heavy (non-hydrogen) atoms. The average molecular weight is 311 g/mol. The minimum Gasteiger partial charge on any atom is -0.369 e. The first kappa shape index (κ1) is 12.9. The first-order chi connectivity index (χ1) is 8.65. The van der Waals surface area contributed by atoms with Crippen LogP contribution in [-0.4, -0.2) is 27.2 Å². The van der Waals surface area contributed by atoms with Crippen LogP contribution in [-0.2, 0) is 11.2 Å². The summed E-state index contributed by atoms with van der Waals surface area (Å²) in [6.45, 7) is 0.635. The largest absolute Gasteiger partial charge is 0.369 e. The van der Waals surface area contributed by atoms with Crippen LogP contribution in [0.15, 0.2) is 30.0 Å². The van der Waals surface area contributed by atoms with Gasteiger partial charge in [-0.1, -0.05) is 34.2 Å². The number of nitrogens with zero attached hydrogens (tertiary/aromatic N) is 1. The highest BCUT2D eigenvalue weighted by Gasteiger charge is 2.12. The second-order valence-electron chi connectivity index (χ2n) is 4.08. The van der Waals surface area contributed by atoms with Crippen molar-refractivity contribution in [1.29, 1.82) is 0 Å². The highest BCUT2D eigenvalue weighted by atomic mass is 79.9. The summed E-state index contributed by atoms with van der Waals surface area (Å²) in [5.41, 5.74) is 7.17. The maximum absolute atomic E-state index is 11.7. The van der Waals surface area contributed by atoms with Crippen molar-refractivity contribution in [3.63, 3.8) is 0 Å². The number of alkyl halides is 1. The summed E-state index contributed by atoms with van der Waals surface area (Å²) in [5.74, 6) is 0.399. The number of hydrogen-bond donors (Lipinski definition) is 3. The summed E-state index contributed by atoms with van der Waals surface area (Å²) in [4.78, 5) is 18.8. The minimum atomic E-state index is -0.0303. The first-order valence-corrected chi connectivity index (χ1v) is 6.68. The number of imidazole rings is 1. The Bertz CT molecular complexity index is 492. The van der Waals surface area contributed by atoms with Gasteiger partial charge in [-0.2, -0.15) is 0 Å². The molecule has 96 valence electrons. The Kier molecular flexibility index (Phi) is 4.19. The fourth-order valence-corrected chi connectivity index (χ4v) is 2.15. The number of carbonyl (C=O) groups excluding carboxylic acids is 1. The van der Waals surface area contributed by atoms with Crippen molar-refractivity contribution < 1.29 is 4.79 Å². The molecule has 6 heteroatoms. The monoisotopic (exact) mass is 310 g/mol. The van der Waals surface area contributed by atoms with Crippen LogP contribution >= 0.6 is 15.9 Å². The first-order valence-electron chi connectivity index (χ1n) is 5.77. The molecule has 1 unspecified atom stereocenters. The van der Waals surface area contributed by atoms with Crippen molar-refractivity contribution in [1.82, 2.24) is 15.3 Å². The summed E-state index contributed by atoms with van der Waals surface area (Å²) < 4.78 is 0. The van der Waals surface area contributed by atoms with Gasteiger partial charge < -0.3 is 16.0 Å². The lowest BCUT2D eigenvalue weighted by Crippen LogP contribution is -2.25. The molecule has 1 aromatic rings. The molecular formula is C12H15BrN4O. The van der Waals surface area contributed by atoms with E-state index in [0.29, 0.717) is 18.1 Å². The number of hydrogen-bond acceptors (Lipinski definition) is 3. The van der Waals surface area contributed by atoms with E-state index in [1.807, 2.05) is 18.2 Å². The topological polar surface area (TPSA) is 83.8 Å². The number of nitrogens with one attached hydrogen (secondary N) is 2. The number of carbonyl (C=O) groups is 1. The normalized spacial score (nSPS) is 17.8. The number of amides is 1. The predicted octanol–water partition coefficient (Wildman–Crippen LogP) is 1.30. The van der Waals surface area contributed by atoms with Gasteiger partial charge in [0.15, 0.2) is 5.95 Å². The zero-order valence-electron chi connectivity index (χ0n) is 9.82. The van der Waals surface area contributed by atoms with Crippen molar-refractivity contribution in [2.24, 2.45) is 0 Å². The van der Waals surface area contributed by atoms with Crippen molar-refractivity contribution in [3.05, 3.63) is 35.7 Å². The van der Waals surface area contributed by atoms with Gasteiger partial charge in [0.25, 0.3) is 5.91 Å². The van der Waals surface area contributed by atoms with Gasteiger partial charge in [-0.15, -0.1) is 0 Å². The number of aromatic amines is 1. The molecule has 0 aromatic carbocycles. The van der Waals surface area contributed by atoms with E-state index in [-0.39, 0.29) is 10.7 Å². The molecule has 0 spiro atoms. The molecule has 0 fully saturated rings. The van der Waals surface area contributed by atoms with Gasteiger partial charge in [0.1, 0.15) is 0 Å². The third-order valence-electron chi connectivity index (χ3n) is 2.62. The lowest BCUT2D eigenvalue weighted by Gasteiger charge is -2.03.